The molecule has 1 atom stereocenters. The number of H-pyrrole nitrogens is 1. The molecule has 0 aliphatic heterocycles. The Morgan fingerprint density at radius 2 is 1.79 bits per heavy atom. The number of hydrogen-bond donors (Lipinski definition) is 3. The van der Waals surface area contributed by atoms with Gasteiger partial charge in [-0.25, -0.2) is 14.0 Å². The fraction of sp³-hybridized carbons (Fsp3) is 0.130. The lowest BCUT2D eigenvalue weighted by Crippen LogP contribution is -2.37. The summed E-state index contributed by atoms with van der Waals surface area (Å²) in [5.74, 6) is -1.87. The maximum atomic E-state index is 13.1. The molecule has 1 amide bonds. The molecule has 3 N–H and O–H groups in total. The summed E-state index contributed by atoms with van der Waals surface area (Å²) in [5, 5.41) is 11.9. The topological polar surface area (TPSA) is 121 Å². The summed E-state index contributed by atoms with van der Waals surface area (Å²) in [6.07, 6.45) is 0. The molecule has 1 unspecified atom stereocenters. The number of carboxylic acids is 1. The quantitative estimate of drug-likeness (QED) is 0.402. The van der Waals surface area contributed by atoms with E-state index in [2.05, 4.69) is 10.3 Å². The molecule has 4 rings (SSSR count). The number of aromatic carboxylic acids is 1. The standard InChI is InChI=1S/C23H18FN3O5S/c1-12(14-4-6-15(7-5-14)22(30)31)27-21(29)17-10-18(33-20(17)26-23(27)32)19(28)25-11-13-2-8-16(24)9-3-13/h2-10,12H,11H2,1H3,(H,25,28)(H,26,32)(H,30,31). The van der Waals surface area contributed by atoms with Crippen LogP contribution in [0.25, 0.3) is 10.2 Å². The van der Waals surface area contributed by atoms with Crippen molar-refractivity contribution >= 4 is 33.4 Å². The molecule has 2 heterocycles. The molecule has 10 heteroatoms. The highest BCUT2D eigenvalue weighted by Gasteiger charge is 2.19. The van der Waals surface area contributed by atoms with Gasteiger partial charge in [0.1, 0.15) is 10.6 Å². The van der Waals surface area contributed by atoms with Crippen LogP contribution in [0.5, 0.6) is 0 Å². The van der Waals surface area contributed by atoms with Crippen molar-refractivity contribution in [2.75, 3.05) is 0 Å². The summed E-state index contributed by atoms with van der Waals surface area (Å²) in [5.41, 5.74) is 0.195. The minimum Gasteiger partial charge on any atom is -0.478 e. The van der Waals surface area contributed by atoms with E-state index >= 15 is 0 Å². The van der Waals surface area contributed by atoms with E-state index in [1.165, 1.54) is 30.3 Å². The van der Waals surface area contributed by atoms with Gasteiger partial charge in [0.05, 0.1) is 21.9 Å². The molecule has 0 saturated heterocycles. The number of halogens is 1. The number of hydrogen-bond acceptors (Lipinski definition) is 5. The van der Waals surface area contributed by atoms with E-state index in [-0.39, 0.29) is 33.0 Å². The molecule has 0 saturated carbocycles. The highest BCUT2D eigenvalue weighted by atomic mass is 32.1. The zero-order chi connectivity index (χ0) is 23.7. The minimum atomic E-state index is -1.07. The van der Waals surface area contributed by atoms with Gasteiger partial charge in [-0.05, 0) is 48.4 Å². The molecule has 168 valence electrons. The van der Waals surface area contributed by atoms with Crippen molar-refractivity contribution in [1.29, 1.82) is 0 Å². The van der Waals surface area contributed by atoms with Gasteiger partial charge in [0.15, 0.2) is 0 Å². The average molecular weight is 467 g/mol. The zero-order valence-corrected chi connectivity index (χ0v) is 18.1. The van der Waals surface area contributed by atoms with Gasteiger partial charge >= 0.3 is 11.7 Å². The maximum Gasteiger partial charge on any atom is 0.335 e. The molecule has 2 aromatic heterocycles. The fourth-order valence-corrected chi connectivity index (χ4v) is 4.37. The first kappa shape index (κ1) is 22.2. The number of thiophene rings is 1. The van der Waals surface area contributed by atoms with Gasteiger partial charge in [-0.3, -0.25) is 19.1 Å². The van der Waals surface area contributed by atoms with Crippen molar-refractivity contribution in [3.8, 4) is 0 Å². The third-order valence-corrected chi connectivity index (χ3v) is 6.29. The average Bonchev–Trinajstić information content (AvgIpc) is 3.23. The molecule has 33 heavy (non-hydrogen) atoms. The minimum absolute atomic E-state index is 0.0942. The van der Waals surface area contributed by atoms with Crippen molar-refractivity contribution in [3.63, 3.8) is 0 Å². The maximum absolute atomic E-state index is 13.1. The van der Waals surface area contributed by atoms with Gasteiger partial charge in [-0.15, -0.1) is 11.3 Å². The number of aromatic amines is 1. The molecule has 2 aromatic carbocycles. The lowest BCUT2D eigenvalue weighted by molar-refractivity contribution is 0.0696. The van der Waals surface area contributed by atoms with Gasteiger partial charge in [-0.1, -0.05) is 24.3 Å². The second-order valence-corrected chi connectivity index (χ2v) is 8.42. The molecule has 0 radical (unpaired) electrons. The van der Waals surface area contributed by atoms with Crippen LogP contribution in [0.3, 0.4) is 0 Å². The van der Waals surface area contributed by atoms with Crippen LogP contribution in [0, 0.1) is 5.82 Å². The number of nitrogens with one attached hydrogen (secondary N) is 2. The van der Waals surface area contributed by atoms with Gasteiger partial charge in [-0.2, -0.15) is 0 Å². The fourth-order valence-electron chi connectivity index (χ4n) is 3.41. The lowest BCUT2D eigenvalue weighted by atomic mass is 10.1. The van der Waals surface area contributed by atoms with E-state index in [0.717, 1.165) is 15.9 Å². The van der Waals surface area contributed by atoms with Gasteiger partial charge in [0.25, 0.3) is 11.5 Å². The van der Waals surface area contributed by atoms with Crippen LogP contribution >= 0.6 is 11.3 Å². The first-order chi connectivity index (χ1) is 15.7. The van der Waals surface area contributed by atoms with Crippen molar-refractivity contribution in [1.82, 2.24) is 14.9 Å². The first-order valence-corrected chi connectivity index (χ1v) is 10.7. The summed E-state index contributed by atoms with van der Waals surface area (Å²) in [6, 6.07) is 12.4. The molecule has 0 bridgehead atoms. The Morgan fingerprint density at radius 1 is 1.12 bits per heavy atom. The number of carboxylic acid groups (broad SMARTS) is 1. The summed E-state index contributed by atoms with van der Waals surface area (Å²) >= 11 is 0.986. The van der Waals surface area contributed by atoms with Gasteiger partial charge < -0.3 is 10.4 Å². The molecular weight excluding hydrogens is 449 g/mol. The van der Waals surface area contributed by atoms with Gasteiger partial charge in [0.2, 0.25) is 0 Å². The van der Waals surface area contributed by atoms with Gasteiger partial charge in [0, 0.05) is 6.54 Å². The molecule has 0 spiro atoms. The van der Waals surface area contributed by atoms with Crippen LogP contribution in [0.4, 0.5) is 4.39 Å². The van der Waals surface area contributed by atoms with Crippen LogP contribution in [0.1, 0.15) is 44.1 Å². The van der Waals surface area contributed by atoms with Crippen molar-refractivity contribution in [2.24, 2.45) is 0 Å². The largest absolute Gasteiger partial charge is 0.478 e. The molecular formula is C23H18FN3O5S. The second kappa shape index (κ2) is 8.83. The monoisotopic (exact) mass is 467 g/mol. The molecule has 0 fully saturated rings. The number of amides is 1. The molecule has 0 aliphatic carbocycles. The Kier molecular flexibility index (Phi) is 5.93. The number of nitrogens with zero attached hydrogens (tertiary/aromatic N) is 1. The number of rotatable bonds is 6. The Labute approximate surface area is 189 Å². The van der Waals surface area contributed by atoms with E-state index in [1.807, 2.05) is 0 Å². The summed E-state index contributed by atoms with van der Waals surface area (Å²) < 4.78 is 14.0. The Bertz CT molecular complexity index is 1470. The van der Waals surface area contributed by atoms with E-state index in [0.29, 0.717) is 11.1 Å². The molecule has 0 aliphatic rings. The summed E-state index contributed by atoms with van der Waals surface area (Å²) in [6.45, 7) is 1.83. The Hall–Kier alpha value is -4.05. The van der Waals surface area contributed by atoms with Crippen molar-refractivity contribution < 1.29 is 19.1 Å². The summed E-state index contributed by atoms with van der Waals surface area (Å²) in [7, 11) is 0. The van der Waals surface area contributed by atoms with Crippen LogP contribution < -0.4 is 16.6 Å². The smallest absolute Gasteiger partial charge is 0.335 e. The number of fused-ring (bicyclic) bond motifs is 1. The van der Waals surface area contributed by atoms with E-state index in [9.17, 15) is 23.6 Å². The highest BCUT2D eigenvalue weighted by Crippen LogP contribution is 2.22. The van der Waals surface area contributed by atoms with E-state index in [1.54, 1.807) is 31.2 Å². The first-order valence-electron chi connectivity index (χ1n) is 9.89. The van der Waals surface area contributed by atoms with Crippen LogP contribution in [-0.4, -0.2) is 26.5 Å². The van der Waals surface area contributed by atoms with E-state index in [4.69, 9.17) is 5.11 Å². The van der Waals surface area contributed by atoms with Crippen LogP contribution in [0.15, 0.2) is 64.2 Å². The van der Waals surface area contributed by atoms with Crippen LogP contribution in [0.2, 0.25) is 0 Å². The predicted molar refractivity (Wildman–Crippen MR) is 121 cm³/mol. The number of benzene rings is 2. The third kappa shape index (κ3) is 4.46. The number of carbonyl (C=O) groups excluding carboxylic acids is 1. The third-order valence-electron chi connectivity index (χ3n) is 5.24. The number of aromatic nitrogens is 2. The lowest BCUT2D eigenvalue weighted by Gasteiger charge is -2.14. The van der Waals surface area contributed by atoms with Crippen molar-refractivity contribution in [2.45, 2.75) is 19.5 Å². The van der Waals surface area contributed by atoms with E-state index < -0.39 is 29.2 Å². The normalized spacial score (nSPS) is 11.9. The molecule has 4 aromatic rings. The van der Waals surface area contributed by atoms with Crippen molar-refractivity contribution in [3.05, 3.63) is 103 Å². The summed E-state index contributed by atoms with van der Waals surface area (Å²) in [4.78, 5) is 52.5. The molecule has 8 nitrogen and oxygen atoms in total. The SMILES string of the molecule is CC(c1ccc(C(=O)O)cc1)n1c(=O)[nH]c2sc(C(=O)NCc3ccc(F)cc3)cc2c1=O. The zero-order valence-electron chi connectivity index (χ0n) is 17.3. The Morgan fingerprint density at radius 3 is 2.42 bits per heavy atom. The Balaban J connectivity index is 1.62. The van der Waals surface area contributed by atoms with Crippen LogP contribution in [-0.2, 0) is 6.54 Å². The number of carbonyl (C=O) groups is 2. The highest BCUT2D eigenvalue weighted by molar-refractivity contribution is 7.20. The predicted octanol–water partition coefficient (Wildman–Crippen LogP) is 3.13. The second-order valence-electron chi connectivity index (χ2n) is 7.37.